The minimum atomic E-state index is 0.897. The number of fused-ring (bicyclic) bond motifs is 8. The minimum absolute atomic E-state index is 0.897. The fraction of sp³-hybridized carbons (Fsp3) is 0. The highest BCUT2D eigenvalue weighted by Crippen LogP contribution is 2.45. The smallest absolute Gasteiger partial charge is 0.135 e. The maximum absolute atomic E-state index is 6.19. The number of benzene rings is 7. The molecule has 0 fully saturated rings. The molecule has 0 unspecified atom stereocenters. The fourth-order valence-corrected chi connectivity index (χ4v) is 7.66. The molecule has 3 heteroatoms. The van der Waals surface area contributed by atoms with Crippen LogP contribution in [0.3, 0.4) is 0 Å². The number of para-hydroxylation sites is 1. The van der Waals surface area contributed by atoms with Gasteiger partial charge in [0.05, 0.1) is 5.69 Å². The second kappa shape index (κ2) is 9.59. The molecule has 0 aliphatic carbocycles. The van der Waals surface area contributed by atoms with E-state index in [1.54, 1.807) is 0 Å². The number of furan rings is 1. The molecule has 2 nitrogen and oxygen atoms in total. The summed E-state index contributed by atoms with van der Waals surface area (Å²) in [5.74, 6) is 0. The Labute approximate surface area is 252 Å². The Balaban J connectivity index is 1.29. The van der Waals surface area contributed by atoms with Crippen molar-refractivity contribution in [3.63, 3.8) is 0 Å². The van der Waals surface area contributed by atoms with Crippen molar-refractivity contribution in [1.82, 2.24) is 0 Å². The molecule has 0 aliphatic heterocycles. The zero-order valence-electron chi connectivity index (χ0n) is 23.2. The number of rotatable bonds is 4. The van der Waals surface area contributed by atoms with E-state index in [4.69, 9.17) is 4.42 Å². The molecule has 2 heterocycles. The van der Waals surface area contributed by atoms with E-state index in [2.05, 4.69) is 144 Å². The van der Waals surface area contributed by atoms with Gasteiger partial charge in [0.15, 0.2) is 0 Å². The Hall–Kier alpha value is -5.38. The first-order valence-electron chi connectivity index (χ1n) is 14.5. The lowest BCUT2D eigenvalue weighted by Crippen LogP contribution is -2.10. The van der Waals surface area contributed by atoms with Crippen molar-refractivity contribution in [2.24, 2.45) is 0 Å². The van der Waals surface area contributed by atoms with Crippen molar-refractivity contribution in [2.75, 3.05) is 4.90 Å². The topological polar surface area (TPSA) is 16.4 Å². The number of anilines is 3. The van der Waals surface area contributed by atoms with E-state index < -0.39 is 0 Å². The molecule has 0 spiro atoms. The summed E-state index contributed by atoms with van der Waals surface area (Å²) < 4.78 is 8.84. The van der Waals surface area contributed by atoms with E-state index in [1.165, 1.54) is 42.1 Å². The van der Waals surface area contributed by atoms with Crippen LogP contribution in [0.2, 0.25) is 0 Å². The van der Waals surface area contributed by atoms with Gasteiger partial charge in [-0.3, -0.25) is 0 Å². The predicted molar refractivity (Wildman–Crippen MR) is 184 cm³/mol. The second-order valence-electron chi connectivity index (χ2n) is 10.9. The maximum Gasteiger partial charge on any atom is 0.135 e. The SMILES string of the molecule is c1ccc(-c2ccc(N(c3ccc4oc5ccccc5c4c3)c3cccc4c3ccc3c5ccccc5sc43)cc2)cc1. The Morgan fingerprint density at radius 3 is 1.95 bits per heavy atom. The zero-order valence-corrected chi connectivity index (χ0v) is 24.0. The number of hydrogen-bond donors (Lipinski definition) is 0. The Morgan fingerprint density at radius 2 is 1.07 bits per heavy atom. The van der Waals surface area contributed by atoms with Crippen molar-refractivity contribution >= 4 is 81.3 Å². The zero-order chi connectivity index (χ0) is 28.3. The average molecular weight is 568 g/mol. The molecular weight excluding hydrogens is 543 g/mol. The van der Waals surface area contributed by atoms with Gasteiger partial charge in [-0.15, -0.1) is 11.3 Å². The lowest BCUT2D eigenvalue weighted by atomic mass is 10.0. The van der Waals surface area contributed by atoms with Crippen molar-refractivity contribution in [2.45, 2.75) is 0 Å². The van der Waals surface area contributed by atoms with Crippen LogP contribution in [0.15, 0.2) is 156 Å². The van der Waals surface area contributed by atoms with Crippen molar-refractivity contribution in [3.8, 4) is 11.1 Å². The van der Waals surface area contributed by atoms with E-state index in [9.17, 15) is 0 Å². The third-order valence-electron chi connectivity index (χ3n) is 8.47. The molecule has 0 radical (unpaired) electrons. The highest BCUT2D eigenvalue weighted by atomic mass is 32.1. The first-order chi connectivity index (χ1) is 21.3. The van der Waals surface area contributed by atoms with Crippen LogP contribution in [0.1, 0.15) is 0 Å². The number of hydrogen-bond acceptors (Lipinski definition) is 3. The molecule has 9 rings (SSSR count). The molecule has 0 N–H and O–H groups in total. The quantitative estimate of drug-likeness (QED) is 0.210. The highest BCUT2D eigenvalue weighted by molar-refractivity contribution is 7.26. The summed E-state index contributed by atoms with van der Waals surface area (Å²) in [4.78, 5) is 2.39. The van der Waals surface area contributed by atoms with E-state index in [0.717, 1.165) is 39.0 Å². The maximum atomic E-state index is 6.19. The second-order valence-corrected chi connectivity index (χ2v) is 12.0. The molecule has 43 heavy (non-hydrogen) atoms. The first kappa shape index (κ1) is 24.2. The van der Waals surface area contributed by atoms with Gasteiger partial charge in [-0.05, 0) is 59.7 Å². The van der Waals surface area contributed by atoms with Gasteiger partial charge >= 0.3 is 0 Å². The van der Waals surface area contributed by atoms with Gasteiger partial charge in [-0.1, -0.05) is 103 Å². The molecule has 0 atom stereocenters. The van der Waals surface area contributed by atoms with Gasteiger partial charge in [0.2, 0.25) is 0 Å². The van der Waals surface area contributed by atoms with Gasteiger partial charge in [0, 0.05) is 53.1 Å². The number of thiophene rings is 1. The Morgan fingerprint density at radius 1 is 0.419 bits per heavy atom. The largest absolute Gasteiger partial charge is 0.456 e. The highest BCUT2D eigenvalue weighted by Gasteiger charge is 2.19. The van der Waals surface area contributed by atoms with Crippen LogP contribution in [0.4, 0.5) is 17.1 Å². The summed E-state index contributed by atoms with van der Waals surface area (Å²) >= 11 is 1.88. The summed E-state index contributed by atoms with van der Waals surface area (Å²) in [6.45, 7) is 0. The van der Waals surface area contributed by atoms with Crippen molar-refractivity contribution < 1.29 is 4.42 Å². The lowest BCUT2D eigenvalue weighted by molar-refractivity contribution is 0.669. The van der Waals surface area contributed by atoms with E-state index >= 15 is 0 Å². The Bertz CT molecular complexity index is 2450. The van der Waals surface area contributed by atoms with Crippen LogP contribution < -0.4 is 4.90 Å². The van der Waals surface area contributed by atoms with Gasteiger partial charge in [-0.2, -0.15) is 0 Å². The molecule has 0 saturated carbocycles. The molecule has 202 valence electrons. The molecule has 2 aromatic heterocycles. The molecule has 7 aromatic carbocycles. The van der Waals surface area contributed by atoms with Gasteiger partial charge in [0.1, 0.15) is 11.2 Å². The molecule has 0 saturated heterocycles. The Kier molecular flexibility index (Phi) is 5.40. The average Bonchev–Trinajstić information content (AvgIpc) is 3.64. The monoisotopic (exact) mass is 567 g/mol. The summed E-state index contributed by atoms with van der Waals surface area (Å²) in [7, 11) is 0. The van der Waals surface area contributed by atoms with Crippen LogP contribution in [0.5, 0.6) is 0 Å². The van der Waals surface area contributed by atoms with E-state index in [0.29, 0.717) is 0 Å². The van der Waals surface area contributed by atoms with Crippen molar-refractivity contribution in [3.05, 3.63) is 152 Å². The van der Waals surface area contributed by atoms with E-state index in [-0.39, 0.29) is 0 Å². The third-order valence-corrected chi connectivity index (χ3v) is 9.69. The summed E-state index contributed by atoms with van der Waals surface area (Å²) in [6, 6.07) is 54.3. The summed E-state index contributed by atoms with van der Waals surface area (Å²) in [6.07, 6.45) is 0. The van der Waals surface area contributed by atoms with Gasteiger partial charge < -0.3 is 9.32 Å². The molecule has 9 aromatic rings. The van der Waals surface area contributed by atoms with Crippen LogP contribution in [0, 0.1) is 0 Å². The first-order valence-corrected chi connectivity index (χ1v) is 15.3. The van der Waals surface area contributed by atoms with Crippen molar-refractivity contribution in [1.29, 1.82) is 0 Å². The van der Waals surface area contributed by atoms with Crippen LogP contribution in [-0.4, -0.2) is 0 Å². The molecule has 0 amide bonds. The standard InChI is InChI=1S/C40H25NOS/c1-2-9-26(10-3-1)27-17-19-28(20-18-27)41(29-21-24-38-35(25-29)31-11-4-6-15-37(31)42-38)36-14-8-13-33-30(36)22-23-34-32-12-5-7-16-39(32)43-40(33)34/h1-25H. The summed E-state index contributed by atoms with van der Waals surface area (Å²) in [5, 5.41) is 7.38. The van der Waals surface area contributed by atoms with Gasteiger partial charge in [0.25, 0.3) is 0 Å². The lowest BCUT2D eigenvalue weighted by Gasteiger charge is -2.27. The van der Waals surface area contributed by atoms with Gasteiger partial charge in [-0.25, -0.2) is 0 Å². The molecular formula is C40H25NOS. The third kappa shape index (κ3) is 3.86. The normalized spacial score (nSPS) is 11.7. The number of nitrogens with zero attached hydrogens (tertiary/aromatic N) is 1. The van der Waals surface area contributed by atoms with Crippen LogP contribution in [-0.2, 0) is 0 Å². The fourth-order valence-electron chi connectivity index (χ4n) is 6.43. The summed E-state index contributed by atoms with van der Waals surface area (Å²) in [5.41, 5.74) is 7.57. The van der Waals surface area contributed by atoms with E-state index in [1.807, 2.05) is 23.5 Å². The molecule has 0 bridgehead atoms. The predicted octanol–water partition coefficient (Wildman–Crippen LogP) is 12.2. The minimum Gasteiger partial charge on any atom is -0.456 e. The van der Waals surface area contributed by atoms with Crippen LogP contribution in [0.25, 0.3) is 64.0 Å². The molecule has 0 aliphatic rings. The van der Waals surface area contributed by atoms with Crippen LogP contribution >= 0.6 is 11.3 Å².